The summed E-state index contributed by atoms with van der Waals surface area (Å²) >= 11 is 0. The van der Waals surface area contributed by atoms with Crippen molar-refractivity contribution in [3.8, 4) is 0 Å². The number of hydrogen-bond acceptors (Lipinski definition) is 4. The molecule has 0 saturated heterocycles. The van der Waals surface area contributed by atoms with Gasteiger partial charge in [0.05, 0.1) is 0 Å². The Bertz CT molecular complexity index is 162. The maximum Gasteiger partial charge on any atom is 0.349 e. The van der Waals surface area contributed by atoms with E-state index in [1.54, 1.807) is 6.08 Å². The second-order valence-electron chi connectivity index (χ2n) is 2.01. The van der Waals surface area contributed by atoms with Gasteiger partial charge in [-0.2, -0.15) is 5.26 Å². The Morgan fingerprint density at radius 3 is 2.64 bits per heavy atom. The number of allylic oxidation sites excluding steroid dienone is 1. The highest BCUT2D eigenvalue weighted by molar-refractivity contribution is 5.95. The van der Waals surface area contributed by atoms with Gasteiger partial charge in [-0.05, 0) is 6.42 Å². The maximum atomic E-state index is 10.7. The zero-order valence-electron chi connectivity index (χ0n) is 6.08. The number of carbonyl (C=O) groups excluding carboxylic acids is 2. The Balaban J connectivity index is 3.51. The van der Waals surface area contributed by atoms with Gasteiger partial charge in [0.1, 0.15) is 12.2 Å². The summed E-state index contributed by atoms with van der Waals surface area (Å²) in [6.07, 6.45) is 2.02. The number of rotatable bonds is 5. The molecule has 0 heterocycles. The van der Waals surface area contributed by atoms with Crippen molar-refractivity contribution in [3.63, 3.8) is 0 Å². The lowest BCUT2D eigenvalue weighted by Gasteiger charge is -1.94. The number of hydrogen-bond donors (Lipinski definition) is 1. The smallest absolute Gasteiger partial charge is 0.301 e. The summed E-state index contributed by atoms with van der Waals surface area (Å²) in [5, 5.41) is 7.79. The molecule has 1 N–H and O–H groups in total. The number of Topliss-reactive ketones (excluding diaryl/α,β-unsaturated/α-hetero) is 1. The van der Waals surface area contributed by atoms with Crippen LogP contribution in [0, 0.1) is 0 Å². The first-order valence-electron chi connectivity index (χ1n) is 3.17. The average molecular weight is 158 g/mol. The molecule has 0 aliphatic heterocycles. The van der Waals surface area contributed by atoms with Crippen LogP contribution in [0.3, 0.4) is 0 Å². The molecule has 0 aromatic rings. The van der Waals surface area contributed by atoms with E-state index in [0.29, 0.717) is 6.42 Å². The van der Waals surface area contributed by atoms with Crippen molar-refractivity contribution in [3.05, 3.63) is 12.7 Å². The summed E-state index contributed by atoms with van der Waals surface area (Å²) in [6.45, 7) is 3.41. The van der Waals surface area contributed by atoms with Crippen LogP contribution in [0.15, 0.2) is 12.7 Å². The number of ketones is 1. The molecule has 0 aromatic heterocycles. The molecule has 0 aromatic carbocycles. The van der Waals surface area contributed by atoms with Gasteiger partial charge in [-0.1, -0.05) is 6.08 Å². The van der Waals surface area contributed by atoms with Crippen LogP contribution in [0.25, 0.3) is 0 Å². The zero-order chi connectivity index (χ0) is 8.69. The molecule has 4 nitrogen and oxygen atoms in total. The minimum absolute atomic E-state index is 0.260. The van der Waals surface area contributed by atoms with Gasteiger partial charge in [-0.3, -0.25) is 4.79 Å². The monoisotopic (exact) mass is 158 g/mol. The fraction of sp³-hybridized carbons (Fsp3) is 0.429. The van der Waals surface area contributed by atoms with Crippen molar-refractivity contribution in [2.24, 2.45) is 0 Å². The molecule has 0 bridgehead atoms. The van der Waals surface area contributed by atoms with Crippen LogP contribution in [-0.4, -0.2) is 17.0 Å². The Labute approximate surface area is 64.4 Å². The van der Waals surface area contributed by atoms with Gasteiger partial charge >= 0.3 is 5.97 Å². The van der Waals surface area contributed by atoms with E-state index >= 15 is 0 Å². The topological polar surface area (TPSA) is 63.6 Å². The van der Waals surface area contributed by atoms with Crippen molar-refractivity contribution in [1.82, 2.24) is 0 Å². The van der Waals surface area contributed by atoms with Gasteiger partial charge in [0, 0.05) is 6.42 Å². The summed E-state index contributed by atoms with van der Waals surface area (Å²) < 4.78 is 0. The summed E-state index contributed by atoms with van der Waals surface area (Å²) in [5.74, 6) is -1.18. The second-order valence-corrected chi connectivity index (χ2v) is 2.01. The first kappa shape index (κ1) is 9.84. The summed E-state index contributed by atoms with van der Waals surface area (Å²) in [4.78, 5) is 24.3. The average Bonchev–Trinajstić information content (AvgIpc) is 2.00. The summed E-state index contributed by atoms with van der Waals surface area (Å²) in [5.41, 5.74) is 0. The van der Waals surface area contributed by atoms with Crippen molar-refractivity contribution in [1.29, 1.82) is 0 Å². The van der Waals surface area contributed by atoms with Crippen molar-refractivity contribution >= 4 is 11.8 Å². The highest BCUT2D eigenvalue weighted by Crippen LogP contribution is 1.96. The molecule has 62 valence electrons. The molecule has 0 aliphatic carbocycles. The Morgan fingerprint density at radius 1 is 1.55 bits per heavy atom. The SMILES string of the molecule is C=CCCC(=O)CC(=O)OO. The first-order valence-corrected chi connectivity index (χ1v) is 3.17. The third kappa shape index (κ3) is 5.29. The van der Waals surface area contributed by atoms with Crippen LogP contribution in [0.2, 0.25) is 0 Å². The molecule has 0 radical (unpaired) electrons. The standard InChI is InChI=1S/C7H10O4/c1-2-3-4-6(8)5-7(9)11-10/h2,10H,1,3-5H2. The quantitative estimate of drug-likeness (QED) is 0.280. The van der Waals surface area contributed by atoms with Crippen molar-refractivity contribution < 1.29 is 19.7 Å². The van der Waals surface area contributed by atoms with E-state index in [4.69, 9.17) is 5.26 Å². The third-order valence-electron chi connectivity index (χ3n) is 1.07. The Morgan fingerprint density at radius 2 is 2.18 bits per heavy atom. The van der Waals surface area contributed by atoms with Crippen LogP contribution in [0.5, 0.6) is 0 Å². The molecule has 0 unspecified atom stereocenters. The van der Waals surface area contributed by atoms with Gasteiger partial charge < -0.3 is 4.89 Å². The normalized spacial score (nSPS) is 8.82. The Hall–Kier alpha value is -1.16. The predicted molar refractivity (Wildman–Crippen MR) is 37.8 cm³/mol. The fourth-order valence-electron chi connectivity index (χ4n) is 0.545. The third-order valence-corrected chi connectivity index (χ3v) is 1.07. The minimum Gasteiger partial charge on any atom is -0.301 e. The van der Waals surface area contributed by atoms with E-state index in [-0.39, 0.29) is 18.6 Å². The zero-order valence-corrected chi connectivity index (χ0v) is 6.08. The van der Waals surface area contributed by atoms with E-state index in [9.17, 15) is 9.59 Å². The predicted octanol–water partition coefficient (Wildman–Crippen LogP) is 0.928. The van der Waals surface area contributed by atoms with Crippen LogP contribution in [0.4, 0.5) is 0 Å². The second kappa shape index (κ2) is 5.61. The van der Waals surface area contributed by atoms with Gasteiger partial charge in [0.25, 0.3) is 0 Å². The lowest BCUT2D eigenvalue weighted by atomic mass is 10.2. The fourth-order valence-corrected chi connectivity index (χ4v) is 0.545. The van der Waals surface area contributed by atoms with E-state index in [1.165, 1.54) is 0 Å². The molecule has 0 rings (SSSR count). The van der Waals surface area contributed by atoms with Crippen LogP contribution in [0.1, 0.15) is 19.3 Å². The van der Waals surface area contributed by atoms with Gasteiger partial charge in [0.15, 0.2) is 0 Å². The molecule has 0 spiro atoms. The molecule has 0 fully saturated rings. The molecule has 11 heavy (non-hydrogen) atoms. The first-order chi connectivity index (χ1) is 5.20. The van der Waals surface area contributed by atoms with Crippen LogP contribution < -0.4 is 0 Å². The van der Waals surface area contributed by atoms with Crippen molar-refractivity contribution in [2.45, 2.75) is 19.3 Å². The van der Waals surface area contributed by atoms with Gasteiger partial charge in [-0.25, -0.2) is 4.79 Å². The minimum atomic E-state index is -0.918. The largest absolute Gasteiger partial charge is 0.349 e. The molecule has 0 saturated carbocycles. The lowest BCUT2D eigenvalue weighted by Crippen LogP contribution is -2.08. The highest BCUT2D eigenvalue weighted by Gasteiger charge is 2.08. The van der Waals surface area contributed by atoms with E-state index in [2.05, 4.69) is 11.5 Å². The number of carbonyl (C=O) groups is 2. The van der Waals surface area contributed by atoms with Crippen LogP contribution in [-0.2, 0) is 14.5 Å². The summed E-state index contributed by atoms with van der Waals surface area (Å²) in [7, 11) is 0. The summed E-state index contributed by atoms with van der Waals surface area (Å²) in [6, 6.07) is 0. The van der Waals surface area contributed by atoms with Gasteiger partial charge in [0.2, 0.25) is 0 Å². The molecular formula is C7H10O4. The molecule has 0 aliphatic rings. The van der Waals surface area contributed by atoms with E-state index in [0.717, 1.165) is 0 Å². The van der Waals surface area contributed by atoms with E-state index in [1.807, 2.05) is 0 Å². The lowest BCUT2D eigenvalue weighted by molar-refractivity contribution is -0.233. The maximum absolute atomic E-state index is 10.7. The van der Waals surface area contributed by atoms with Crippen LogP contribution >= 0.6 is 0 Å². The Kier molecular flexibility index (Phi) is 5.02. The molecule has 0 amide bonds. The molecule has 0 atom stereocenters. The molecular weight excluding hydrogens is 148 g/mol. The van der Waals surface area contributed by atoms with Gasteiger partial charge in [-0.15, -0.1) is 6.58 Å². The van der Waals surface area contributed by atoms with Crippen molar-refractivity contribution in [2.75, 3.05) is 0 Å². The highest BCUT2D eigenvalue weighted by atomic mass is 17.1. The molecule has 4 heteroatoms. The van der Waals surface area contributed by atoms with E-state index < -0.39 is 5.97 Å².